The molecule has 1 rings (SSSR count). The summed E-state index contributed by atoms with van der Waals surface area (Å²) in [6.07, 6.45) is 2.01. The van der Waals surface area contributed by atoms with E-state index in [9.17, 15) is 0 Å². The van der Waals surface area contributed by atoms with Crippen LogP contribution in [0.1, 0.15) is 32.4 Å². The molecule has 0 aliphatic rings. The second-order valence-electron chi connectivity index (χ2n) is 4.00. The van der Waals surface area contributed by atoms with Gasteiger partial charge in [0.25, 0.3) is 0 Å². The van der Waals surface area contributed by atoms with Gasteiger partial charge in [0.05, 0.1) is 6.61 Å². The van der Waals surface area contributed by atoms with E-state index < -0.39 is 0 Å². The van der Waals surface area contributed by atoms with Gasteiger partial charge in [0, 0.05) is 31.5 Å². The summed E-state index contributed by atoms with van der Waals surface area (Å²) in [5.74, 6) is 1.24. The van der Waals surface area contributed by atoms with Gasteiger partial charge in [-0.25, -0.2) is 4.98 Å². The first-order valence-electron chi connectivity index (χ1n) is 6.56. The average molecular weight is 253 g/mol. The molecule has 0 unspecified atom stereocenters. The minimum atomic E-state index is 0.612. The second-order valence-corrected chi connectivity index (χ2v) is 4.00. The summed E-state index contributed by atoms with van der Waals surface area (Å²) in [6.45, 7) is 8.99. The molecule has 0 aliphatic heterocycles. The fourth-order valence-corrected chi connectivity index (χ4v) is 1.46. The molecule has 1 aromatic rings. The van der Waals surface area contributed by atoms with Crippen LogP contribution in [0.5, 0.6) is 5.88 Å². The van der Waals surface area contributed by atoms with Gasteiger partial charge < -0.3 is 14.8 Å². The Hall–Kier alpha value is -1.36. The monoisotopic (exact) mass is 253 g/mol. The molecule has 102 valence electrons. The Balaban J connectivity index is 2.32. The maximum atomic E-state index is 5.40. The van der Waals surface area contributed by atoms with Crippen LogP contribution < -0.4 is 10.1 Å². The Labute approximate surface area is 109 Å². The summed E-state index contributed by atoms with van der Waals surface area (Å²) in [5, 5.41) is 3.18. The molecule has 0 atom stereocenters. The zero-order valence-electron chi connectivity index (χ0n) is 11.5. The Morgan fingerprint density at radius 3 is 2.78 bits per heavy atom. The molecule has 0 radical (unpaired) electrons. The number of nitrogens with zero attached hydrogens (tertiary/aromatic N) is 2. The molecular weight excluding hydrogens is 230 g/mol. The summed E-state index contributed by atoms with van der Waals surface area (Å²) in [7, 11) is 0. The molecule has 0 amide bonds. The van der Waals surface area contributed by atoms with E-state index in [1.165, 1.54) is 0 Å². The van der Waals surface area contributed by atoms with Gasteiger partial charge in [0.1, 0.15) is 0 Å². The molecule has 5 heteroatoms. The van der Waals surface area contributed by atoms with E-state index in [4.69, 9.17) is 9.47 Å². The highest BCUT2D eigenvalue weighted by Gasteiger charge is 2.01. The number of aromatic nitrogens is 2. The summed E-state index contributed by atoms with van der Waals surface area (Å²) in [4.78, 5) is 8.58. The third kappa shape index (κ3) is 5.82. The standard InChI is InChI=1S/C13H23N3O2/c1-4-8-17-9-6-7-14-13-15-11(3)10-12(16-13)18-5-2/h10H,4-9H2,1-3H3,(H,14,15,16). The molecule has 0 saturated carbocycles. The summed E-state index contributed by atoms with van der Waals surface area (Å²) < 4.78 is 10.8. The van der Waals surface area contributed by atoms with Crippen molar-refractivity contribution in [3.8, 4) is 5.88 Å². The molecular formula is C13H23N3O2. The van der Waals surface area contributed by atoms with Crippen LogP contribution in [0.15, 0.2) is 6.07 Å². The Bertz CT molecular complexity index is 345. The molecule has 0 aliphatic carbocycles. The molecule has 0 spiro atoms. The zero-order valence-corrected chi connectivity index (χ0v) is 11.5. The van der Waals surface area contributed by atoms with Crippen LogP contribution in [0, 0.1) is 6.92 Å². The predicted octanol–water partition coefficient (Wildman–Crippen LogP) is 2.41. The number of aryl methyl sites for hydroxylation is 1. The highest BCUT2D eigenvalue weighted by molar-refractivity contribution is 5.30. The number of rotatable bonds is 9. The highest BCUT2D eigenvalue weighted by atomic mass is 16.5. The summed E-state index contributed by atoms with van der Waals surface area (Å²) in [5.41, 5.74) is 0.901. The van der Waals surface area contributed by atoms with E-state index in [0.29, 0.717) is 18.4 Å². The Morgan fingerprint density at radius 2 is 2.06 bits per heavy atom. The van der Waals surface area contributed by atoms with Crippen molar-refractivity contribution in [3.05, 3.63) is 11.8 Å². The minimum Gasteiger partial charge on any atom is -0.478 e. The number of hydrogen-bond donors (Lipinski definition) is 1. The quantitative estimate of drug-likeness (QED) is 0.685. The summed E-state index contributed by atoms with van der Waals surface area (Å²) in [6, 6.07) is 1.83. The number of ether oxygens (including phenoxy) is 2. The molecule has 0 fully saturated rings. The van der Waals surface area contributed by atoms with Crippen LogP contribution in [-0.4, -0.2) is 36.3 Å². The first-order valence-corrected chi connectivity index (χ1v) is 6.56. The zero-order chi connectivity index (χ0) is 13.2. The van der Waals surface area contributed by atoms with Crippen molar-refractivity contribution in [2.45, 2.75) is 33.6 Å². The van der Waals surface area contributed by atoms with Crippen molar-refractivity contribution in [2.24, 2.45) is 0 Å². The number of nitrogens with one attached hydrogen (secondary N) is 1. The van der Waals surface area contributed by atoms with Crippen LogP contribution >= 0.6 is 0 Å². The van der Waals surface area contributed by atoms with E-state index in [1.807, 2.05) is 19.9 Å². The fourth-order valence-electron chi connectivity index (χ4n) is 1.46. The first-order chi connectivity index (χ1) is 8.76. The SMILES string of the molecule is CCCOCCCNc1nc(C)cc(OCC)n1. The third-order valence-corrected chi connectivity index (χ3v) is 2.22. The minimum absolute atomic E-state index is 0.612. The van der Waals surface area contributed by atoms with Crippen molar-refractivity contribution >= 4 is 5.95 Å². The number of anilines is 1. The van der Waals surface area contributed by atoms with Crippen molar-refractivity contribution < 1.29 is 9.47 Å². The van der Waals surface area contributed by atoms with Gasteiger partial charge in [-0.3, -0.25) is 0 Å². The van der Waals surface area contributed by atoms with Crippen LogP contribution in [0.2, 0.25) is 0 Å². The van der Waals surface area contributed by atoms with E-state index >= 15 is 0 Å². The fraction of sp³-hybridized carbons (Fsp3) is 0.692. The lowest BCUT2D eigenvalue weighted by molar-refractivity contribution is 0.134. The van der Waals surface area contributed by atoms with Crippen molar-refractivity contribution in [1.29, 1.82) is 0 Å². The second kappa shape index (κ2) is 8.69. The van der Waals surface area contributed by atoms with E-state index in [2.05, 4.69) is 22.2 Å². The topological polar surface area (TPSA) is 56.3 Å². The van der Waals surface area contributed by atoms with Gasteiger partial charge in [-0.2, -0.15) is 4.98 Å². The van der Waals surface area contributed by atoms with Gasteiger partial charge in [0.15, 0.2) is 0 Å². The Morgan fingerprint density at radius 1 is 1.22 bits per heavy atom. The van der Waals surface area contributed by atoms with Crippen molar-refractivity contribution in [1.82, 2.24) is 9.97 Å². The van der Waals surface area contributed by atoms with E-state index in [0.717, 1.165) is 38.3 Å². The van der Waals surface area contributed by atoms with Crippen LogP contribution in [0.3, 0.4) is 0 Å². The highest BCUT2D eigenvalue weighted by Crippen LogP contribution is 2.11. The lowest BCUT2D eigenvalue weighted by atomic mass is 10.4. The van der Waals surface area contributed by atoms with Gasteiger partial charge in [-0.1, -0.05) is 6.92 Å². The van der Waals surface area contributed by atoms with Crippen LogP contribution in [-0.2, 0) is 4.74 Å². The van der Waals surface area contributed by atoms with Gasteiger partial charge in [-0.05, 0) is 26.7 Å². The normalized spacial score (nSPS) is 10.4. The molecule has 0 aromatic carbocycles. The smallest absolute Gasteiger partial charge is 0.226 e. The van der Waals surface area contributed by atoms with E-state index in [1.54, 1.807) is 0 Å². The molecule has 18 heavy (non-hydrogen) atoms. The molecule has 5 nitrogen and oxygen atoms in total. The average Bonchev–Trinajstić information content (AvgIpc) is 2.33. The molecule has 1 aromatic heterocycles. The number of hydrogen-bond acceptors (Lipinski definition) is 5. The predicted molar refractivity (Wildman–Crippen MR) is 72.2 cm³/mol. The largest absolute Gasteiger partial charge is 0.478 e. The lowest BCUT2D eigenvalue weighted by Gasteiger charge is -2.08. The van der Waals surface area contributed by atoms with Crippen molar-refractivity contribution in [3.63, 3.8) is 0 Å². The van der Waals surface area contributed by atoms with Gasteiger partial charge in [0.2, 0.25) is 11.8 Å². The Kier molecular flexibility index (Phi) is 7.10. The maximum absolute atomic E-state index is 5.40. The molecule has 1 heterocycles. The third-order valence-electron chi connectivity index (χ3n) is 2.22. The van der Waals surface area contributed by atoms with Gasteiger partial charge in [-0.15, -0.1) is 0 Å². The lowest BCUT2D eigenvalue weighted by Crippen LogP contribution is -2.10. The van der Waals surface area contributed by atoms with E-state index in [-0.39, 0.29) is 0 Å². The first kappa shape index (κ1) is 14.7. The summed E-state index contributed by atoms with van der Waals surface area (Å²) >= 11 is 0. The van der Waals surface area contributed by atoms with Crippen LogP contribution in [0.4, 0.5) is 5.95 Å². The van der Waals surface area contributed by atoms with Gasteiger partial charge >= 0.3 is 0 Å². The van der Waals surface area contributed by atoms with Crippen LogP contribution in [0.25, 0.3) is 0 Å². The molecule has 0 saturated heterocycles. The van der Waals surface area contributed by atoms with Crippen molar-refractivity contribution in [2.75, 3.05) is 31.7 Å². The maximum Gasteiger partial charge on any atom is 0.226 e. The molecule has 1 N–H and O–H groups in total. The molecule has 0 bridgehead atoms.